The molecule has 0 saturated carbocycles. The second-order valence-corrected chi connectivity index (χ2v) is 7.53. The Balaban J connectivity index is 2.12. The fourth-order valence-corrected chi connectivity index (χ4v) is 3.68. The fourth-order valence-electron chi connectivity index (χ4n) is 1.95. The number of hydrogen-bond donors (Lipinski definition) is 1. The predicted octanol–water partition coefficient (Wildman–Crippen LogP) is 3.23. The Morgan fingerprint density at radius 2 is 1.77 bits per heavy atom. The summed E-state index contributed by atoms with van der Waals surface area (Å²) in [7, 11) is -3.57. The van der Waals surface area contributed by atoms with Gasteiger partial charge in [0.1, 0.15) is 5.40 Å². The first-order valence-corrected chi connectivity index (χ1v) is 9.05. The Bertz CT molecular complexity index is 751. The van der Waals surface area contributed by atoms with Crippen LogP contribution in [-0.2, 0) is 10.0 Å². The van der Waals surface area contributed by atoms with Gasteiger partial charge in [-0.05, 0) is 36.4 Å². The molecule has 0 aliphatic carbocycles. The molecule has 0 amide bonds. The molecule has 2 aromatic rings. The van der Waals surface area contributed by atoms with Crippen molar-refractivity contribution in [2.75, 3.05) is 6.54 Å². The van der Waals surface area contributed by atoms with E-state index in [4.69, 9.17) is 5.26 Å². The lowest BCUT2D eigenvalue weighted by Crippen LogP contribution is -2.27. The van der Waals surface area contributed by atoms with E-state index in [0.29, 0.717) is 0 Å². The normalized spacial score (nSPS) is 12.5. The number of nitrogens with zero attached hydrogens (tertiary/aromatic N) is 1. The van der Waals surface area contributed by atoms with Crippen LogP contribution in [0.1, 0.15) is 16.4 Å². The molecule has 2 aromatic carbocycles. The molecule has 22 heavy (non-hydrogen) atoms. The third kappa shape index (κ3) is 4.34. The van der Waals surface area contributed by atoms with Gasteiger partial charge in [-0.25, -0.2) is 13.1 Å². The number of rotatable bonds is 6. The molecule has 2 rings (SSSR count). The van der Waals surface area contributed by atoms with Gasteiger partial charge in [-0.15, -0.1) is 0 Å². The predicted molar refractivity (Wildman–Crippen MR) is 88.8 cm³/mol. The van der Waals surface area contributed by atoms with E-state index in [1.54, 1.807) is 24.3 Å². The highest BCUT2D eigenvalue weighted by Crippen LogP contribution is 2.27. The van der Waals surface area contributed by atoms with Gasteiger partial charge in [0.05, 0.1) is 10.1 Å². The zero-order valence-electron chi connectivity index (χ0n) is 12.1. The van der Waals surface area contributed by atoms with E-state index in [0.717, 1.165) is 22.9 Å². The summed E-state index contributed by atoms with van der Waals surface area (Å²) in [5, 5.41) is 10.7. The van der Waals surface area contributed by atoms with Crippen LogP contribution < -0.4 is 4.72 Å². The second-order valence-electron chi connectivity index (χ2n) is 4.77. The molecule has 1 atom stereocenters. The average Bonchev–Trinajstić information content (AvgIpc) is 2.53. The van der Waals surface area contributed by atoms with Crippen molar-refractivity contribution in [2.24, 2.45) is 0 Å². The maximum Gasteiger partial charge on any atom is 0.240 e. The summed E-state index contributed by atoms with van der Waals surface area (Å²) in [4.78, 5) is 0.229. The van der Waals surface area contributed by atoms with Gasteiger partial charge in [-0.3, -0.25) is 0 Å². The first kappa shape index (κ1) is 16.6. The van der Waals surface area contributed by atoms with E-state index in [1.807, 2.05) is 42.7 Å². The molecule has 0 aliphatic heterocycles. The molecule has 0 bridgehead atoms. The van der Waals surface area contributed by atoms with E-state index >= 15 is 0 Å². The minimum absolute atomic E-state index is 0.165. The highest BCUT2D eigenvalue weighted by atomic mass is 32.2. The van der Waals surface area contributed by atoms with Gasteiger partial charge < -0.3 is 0 Å². The van der Waals surface area contributed by atoms with Gasteiger partial charge in [0.25, 0.3) is 0 Å². The standard InChI is InChI=1S/C16H16N2O2S2/c1-13-7-9-15(10-8-13)22(19,20)18-11-16(21-12-17)14-5-3-2-4-6-14/h2-10,16,18H,11H2,1H3. The largest absolute Gasteiger partial charge is 0.240 e. The van der Waals surface area contributed by atoms with Gasteiger partial charge in [0.2, 0.25) is 10.0 Å². The van der Waals surface area contributed by atoms with Crippen molar-refractivity contribution in [3.8, 4) is 5.40 Å². The molecule has 4 nitrogen and oxygen atoms in total. The Labute approximate surface area is 135 Å². The van der Waals surface area contributed by atoms with Crippen LogP contribution in [0, 0.1) is 17.6 Å². The zero-order chi connectivity index (χ0) is 16.0. The monoisotopic (exact) mass is 332 g/mol. The lowest BCUT2D eigenvalue weighted by molar-refractivity contribution is 0.581. The van der Waals surface area contributed by atoms with Gasteiger partial charge in [-0.1, -0.05) is 48.0 Å². The van der Waals surface area contributed by atoms with Gasteiger partial charge >= 0.3 is 0 Å². The number of nitrogens with one attached hydrogen (secondary N) is 1. The average molecular weight is 332 g/mol. The van der Waals surface area contributed by atoms with Gasteiger partial charge in [0.15, 0.2) is 0 Å². The Morgan fingerprint density at radius 1 is 1.14 bits per heavy atom. The number of benzene rings is 2. The van der Waals surface area contributed by atoms with E-state index in [2.05, 4.69) is 4.72 Å². The Morgan fingerprint density at radius 3 is 2.36 bits per heavy atom. The van der Waals surface area contributed by atoms with Crippen molar-refractivity contribution in [3.05, 3.63) is 65.7 Å². The molecule has 0 aliphatic rings. The molecule has 0 heterocycles. The smallest absolute Gasteiger partial charge is 0.210 e. The first-order valence-electron chi connectivity index (χ1n) is 6.69. The number of thioether (sulfide) groups is 1. The summed E-state index contributed by atoms with van der Waals surface area (Å²) in [5.74, 6) is 0. The highest BCUT2D eigenvalue weighted by molar-refractivity contribution is 8.04. The van der Waals surface area contributed by atoms with Crippen LogP contribution in [0.25, 0.3) is 0 Å². The molecule has 6 heteroatoms. The Kier molecular flexibility index (Phi) is 5.61. The topological polar surface area (TPSA) is 70.0 Å². The molecule has 0 aromatic heterocycles. The molecular formula is C16H16N2O2S2. The maximum atomic E-state index is 12.3. The molecule has 1 N–H and O–H groups in total. The number of sulfonamides is 1. The summed E-state index contributed by atoms with van der Waals surface area (Å²) in [5.41, 5.74) is 1.92. The molecule has 0 spiro atoms. The summed E-state index contributed by atoms with van der Waals surface area (Å²) >= 11 is 1.05. The number of aryl methyl sites for hydroxylation is 1. The third-order valence-electron chi connectivity index (χ3n) is 3.16. The molecular weight excluding hydrogens is 316 g/mol. The van der Waals surface area contributed by atoms with Crippen molar-refractivity contribution >= 4 is 21.8 Å². The molecule has 0 radical (unpaired) electrons. The van der Waals surface area contributed by atoms with Crippen molar-refractivity contribution in [1.29, 1.82) is 5.26 Å². The van der Waals surface area contributed by atoms with Crippen molar-refractivity contribution in [2.45, 2.75) is 17.1 Å². The summed E-state index contributed by atoms with van der Waals surface area (Å²) in [6.45, 7) is 2.07. The van der Waals surface area contributed by atoms with E-state index in [-0.39, 0.29) is 16.7 Å². The quantitative estimate of drug-likeness (QED) is 0.825. The first-order chi connectivity index (χ1) is 10.5. The zero-order valence-corrected chi connectivity index (χ0v) is 13.7. The van der Waals surface area contributed by atoms with Crippen LogP contribution >= 0.6 is 11.8 Å². The summed E-state index contributed by atoms with van der Waals surface area (Å²) in [6, 6.07) is 16.1. The Hall–Kier alpha value is -1.81. The highest BCUT2D eigenvalue weighted by Gasteiger charge is 2.18. The molecule has 0 saturated heterocycles. The minimum Gasteiger partial charge on any atom is -0.210 e. The summed E-state index contributed by atoms with van der Waals surface area (Å²) < 4.78 is 27.1. The molecule has 114 valence electrons. The van der Waals surface area contributed by atoms with Crippen LogP contribution in [0.3, 0.4) is 0 Å². The van der Waals surface area contributed by atoms with Gasteiger partial charge in [-0.2, -0.15) is 5.26 Å². The van der Waals surface area contributed by atoms with Crippen LogP contribution in [0.4, 0.5) is 0 Å². The number of hydrogen-bond acceptors (Lipinski definition) is 4. The molecule has 1 unspecified atom stereocenters. The third-order valence-corrected chi connectivity index (χ3v) is 5.42. The van der Waals surface area contributed by atoms with E-state index in [9.17, 15) is 8.42 Å². The summed E-state index contributed by atoms with van der Waals surface area (Å²) in [6.07, 6.45) is 0. The van der Waals surface area contributed by atoms with Crippen molar-refractivity contribution in [3.63, 3.8) is 0 Å². The molecule has 0 fully saturated rings. The van der Waals surface area contributed by atoms with E-state index < -0.39 is 10.0 Å². The lowest BCUT2D eigenvalue weighted by atomic mass is 10.1. The number of nitriles is 1. The van der Waals surface area contributed by atoms with Crippen LogP contribution in [0.2, 0.25) is 0 Å². The van der Waals surface area contributed by atoms with Crippen molar-refractivity contribution < 1.29 is 8.42 Å². The minimum atomic E-state index is -3.57. The van der Waals surface area contributed by atoms with Crippen LogP contribution in [0.5, 0.6) is 0 Å². The second kappa shape index (κ2) is 7.45. The lowest BCUT2D eigenvalue weighted by Gasteiger charge is -2.14. The number of thiocyanates is 1. The maximum absolute atomic E-state index is 12.3. The van der Waals surface area contributed by atoms with Gasteiger partial charge in [0, 0.05) is 6.54 Å². The fraction of sp³-hybridized carbons (Fsp3) is 0.188. The SMILES string of the molecule is Cc1ccc(S(=O)(=O)NCC(SC#N)c2ccccc2)cc1. The van der Waals surface area contributed by atoms with Crippen molar-refractivity contribution in [1.82, 2.24) is 4.72 Å². The van der Waals surface area contributed by atoms with E-state index in [1.165, 1.54) is 0 Å². The van der Waals surface area contributed by atoms with Crippen LogP contribution in [-0.4, -0.2) is 15.0 Å². The van der Waals surface area contributed by atoms with Crippen LogP contribution in [0.15, 0.2) is 59.5 Å².